The Balaban J connectivity index is 0.00000364. The Kier molecular flexibility index (Phi) is 10.9. The zero-order valence-corrected chi connectivity index (χ0v) is 20.3. The van der Waals surface area contributed by atoms with Gasteiger partial charge in [0.05, 0.1) is 20.8 Å². The fraction of sp³-hybridized carbons (Fsp3) is 0.316. The Morgan fingerprint density at radius 1 is 1.15 bits per heavy atom. The summed E-state index contributed by atoms with van der Waals surface area (Å²) in [6.45, 7) is 3.37. The molecule has 27 heavy (non-hydrogen) atoms. The molecule has 0 amide bonds. The first-order valence-corrected chi connectivity index (χ1v) is 9.86. The number of guanidine groups is 1. The van der Waals surface area contributed by atoms with Crippen LogP contribution < -0.4 is 20.5 Å². The summed E-state index contributed by atoms with van der Waals surface area (Å²) < 4.78 is 11.6. The second kappa shape index (κ2) is 12.4. The number of halogens is 2. The number of ether oxygens (including phenoxy) is 2. The van der Waals surface area contributed by atoms with Crippen molar-refractivity contribution >= 4 is 57.6 Å². The Morgan fingerprint density at radius 2 is 1.81 bits per heavy atom. The lowest BCUT2D eigenvalue weighted by Gasteiger charge is -2.13. The van der Waals surface area contributed by atoms with Crippen molar-refractivity contribution in [2.24, 2.45) is 10.7 Å². The average molecular weight is 566 g/mol. The highest BCUT2D eigenvalue weighted by Crippen LogP contribution is 2.27. The molecule has 3 N–H and O–H groups in total. The lowest BCUT2D eigenvalue weighted by Crippen LogP contribution is -2.35. The van der Waals surface area contributed by atoms with Gasteiger partial charge in [-0.1, -0.05) is 28.9 Å². The maximum absolute atomic E-state index is 5.98. The first-order valence-electron chi connectivity index (χ1n) is 8.18. The van der Waals surface area contributed by atoms with Crippen molar-refractivity contribution in [1.82, 2.24) is 5.32 Å². The summed E-state index contributed by atoms with van der Waals surface area (Å²) >= 11 is 5.24. The second-order valence-electron chi connectivity index (χ2n) is 5.65. The SMILES string of the molecule is COc1ccc(CN=C(N)NCC(C)Sc2ccc(Br)cc2)cc1OC.I. The van der Waals surface area contributed by atoms with E-state index >= 15 is 0 Å². The van der Waals surface area contributed by atoms with E-state index in [1.165, 1.54) is 4.90 Å². The van der Waals surface area contributed by atoms with E-state index in [2.05, 4.69) is 45.3 Å². The lowest BCUT2D eigenvalue weighted by atomic mass is 10.2. The van der Waals surface area contributed by atoms with Gasteiger partial charge in [0.25, 0.3) is 0 Å². The van der Waals surface area contributed by atoms with Crippen molar-refractivity contribution in [3.63, 3.8) is 0 Å². The van der Waals surface area contributed by atoms with Crippen LogP contribution in [0.3, 0.4) is 0 Å². The predicted molar refractivity (Wildman–Crippen MR) is 128 cm³/mol. The molecule has 0 radical (unpaired) electrons. The Hall–Kier alpha value is -1.13. The molecule has 8 heteroatoms. The summed E-state index contributed by atoms with van der Waals surface area (Å²) in [6, 6.07) is 14.0. The van der Waals surface area contributed by atoms with Gasteiger partial charge in [-0.05, 0) is 42.0 Å². The molecule has 5 nitrogen and oxygen atoms in total. The average Bonchev–Trinajstić information content (AvgIpc) is 2.66. The van der Waals surface area contributed by atoms with Crippen LogP contribution in [0.1, 0.15) is 12.5 Å². The molecule has 0 aliphatic carbocycles. The minimum absolute atomic E-state index is 0. The number of aliphatic imine (C=N–C) groups is 1. The van der Waals surface area contributed by atoms with Gasteiger partial charge < -0.3 is 20.5 Å². The van der Waals surface area contributed by atoms with Crippen molar-refractivity contribution in [3.05, 3.63) is 52.5 Å². The number of nitrogens with one attached hydrogen (secondary N) is 1. The highest BCUT2D eigenvalue weighted by atomic mass is 127. The van der Waals surface area contributed by atoms with Crippen LogP contribution in [0, 0.1) is 0 Å². The Morgan fingerprint density at radius 3 is 2.44 bits per heavy atom. The molecule has 1 atom stereocenters. The molecule has 2 aromatic carbocycles. The number of thioether (sulfide) groups is 1. The van der Waals surface area contributed by atoms with Gasteiger partial charge in [0.1, 0.15) is 0 Å². The minimum Gasteiger partial charge on any atom is -0.493 e. The van der Waals surface area contributed by atoms with Crippen LogP contribution >= 0.6 is 51.7 Å². The van der Waals surface area contributed by atoms with E-state index in [0.29, 0.717) is 29.3 Å². The molecular weight excluding hydrogens is 541 g/mol. The number of hydrogen-bond acceptors (Lipinski definition) is 4. The van der Waals surface area contributed by atoms with Crippen LogP contribution in [0.5, 0.6) is 11.5 Å². The third kappa shape index (κ3) is 8.18. The van der Waals surface area contributed by atoms with E-state index < -0.39 is 0 Å². The zero-order valence-electron chi connectivity index (χ0n) is 15.6. The number of nitrogens with zero attached hydrogens (tertiary/aromatic N) is 1. The quantitative estimate of drug-likeness (QED) is 0.211. The largest absolute Gasteiger partial charge is 0.493 e. The standard InChI is InChI=1S/C19H24BrN3O2S.HI/c1-13(26-16-7-5-15(20)6-8-16)11-22-19(21)23-12-14-4-9-17(24-2)18(10-14)25-3;/h4-10,13H,11-12H2,1-3H3,(H3,21,22,23);1H. The van der Waals surface area contributed by atoms with Crippen LogP contribution in [-0.2, 0) is 6.54 Å². The summed E-state index contributed by atoms with van der Waals surface area (Å²) in [5.74, 6) is 1.82. The maximum atomic E-state index is 5.98. The molecule has 0 spiro atoms. The normalized spacial score (nSPS) is 12.1. The summed E-state index contributed by atoms with van der Waals surface area (Å²) in [7, 11) is 3.23. The third-order valence-electron chi connectivity index (χ3n) is 3.60. The molecule has 0 bridgehead atoms. The summed E-state index contributed by atoms with van der Waals surface area (Å²) in [6.07, 6.45) is 0. The number of rotatable bonds is 8. The van der Waals surface area contributed by atoms with E-state index in [-0.39, 0.29) is 24.0 Å². The van der Waals surface area contributed by atoms with Crippen LogP contribution in [-0.4, -0.2) is 32.0 Å². The summed E-state index contributed by atoms with van der Waals surface area (Å²) in [5.41, 5.74) is 6.98. The van der Waals surface area contributed by atoms with Crippen LogP contribution in [0.15, 0.2) is 56.8 Å². The van der Waals surface area contributed by atoms with Crippen LogP contribution in [0.4, 0.5) is 0 Å². The van der Waals surface area contributed by atoms with Crippen LogP contribution in [0.2, 0.25) is 0 Å². The van der Waals surface area contributed by atoms with E-state index in [1.54, 1.807) is 26.0 Å². The molecule has 0 heterocycles. The van der Waals surface area contributed by atoms with E-state index in [0.717, 1.165) is 16.6 Å². The molecule has 0 aliphatic heterocycles. The predicted octanol–water partition coefficient (Wildman–Crippen LogP) is 4.67. The minimum atomic E-state index is 0. The van der Waals surface area contributed by atoms with Crippen molar-refractivity contribution in [3.8, 4) is 11.5 Å². The van der Waals surface area contributed by atoms with Crippen LogP contribution in [0.25, 0.3) is 0 Å². The van der Waals surface area contributed by atoms with Gasteiger partial charge in [-0.2, -0.15) is 0 Å². The Bertz CT molecular complexity index is 744. The second-order valence-corrected chi connectivity index (χ2v) is 8.08. The summed E-state index contributed by atoms with van der Waals surface area (Å²) in [5, 5.41) is 3.54. The molecule has 0 aliphatic rings. The summed E-state index contributed by atoms with van der Waals surface area (Å²) in [4.78, 5) is 5.61. The van der Waals surface area contributed by atoms with Crippen molar-refractivity contribution in [2.45, 2.75) is 23.6 Å². The van der Waals surface area contributed by atoms with E-state index in [9.17, 15) is 0 Å². The van der Waals surface area contributed by atoms with Gasteiger partial charge in [0.15, 0.2) is 17.5 Å². The number of hydrogen-bond donors (Lipinski definition) is 2. The zero-order chi connectivity index (χ0) is 18.9. The lowest BCUT2D eigenvalue weighted by molar-refractivity contribution is 0.354. The van der Waals surface area contributed by atoms with Crippen molar-refractivity contribution < 1.29 is 9.47 Å². The van der Waals surface area contributed by atoms with Gasteiger partial charge in [0.2, 0.25) is 0 Å². The van der Waals surface area contributed by atoms with E-state index in [1.807, 2.05) is 30.3 Å². The van der Waals surface area contributed by atoms with Gasteiger partial charge in [0, 0.05) is 21.2 Å². The molecule has 148 valence electrons. The monoisotopic (exact) mass is 565 g/mol. The third-order valence-corrected chi connectivity index (χ3v) is 5.24. The van der Waals surface area contributed by atoms with Gasteiger partial charge in [-0.3, -0.25) is 0 Å². The molecule has 0 aromatic heterocycles. The maximum Gasteiger partial charge on any atom is 0.188 e. The number of benzene rings is 2. The first kappa shape index (κ1) is 23.9. The highest BCUT2D eigenvalue weighted by Gasteiger charge is 2.06. The van der Waals surface area contributed by atoms with Gasteiger partial charge >= 0.3 is 0 Å². The topological polar surface area (TPSA) is 68.9 Å². The smallest absolute Gasteiger partial charge is 0.188 e. The number of nitrogens with two attached hydrogens (primary N) is 1. The first-order chi connectivity index (χ1) is 12.5. The molecule has 2 aromatic rings. The molecule has 0 saturated heterocycles. The van der Waals surface area contributed by atoms with E-state index in [4.69, 9.17) is 15.2 Å². The molecule has 1 unspecified atom stereocenters. The molecule has 0 fully saturated rings. The van der Waals surface area contributed by atoms with Crippen molar-refractivity contribution in [1.29, 1.82) is 0 Å². The highest BCUT2D eigenvalue weighted by molar-refractivity contribution is 14.0. The Labute approximate surface area is 190 Å². The van der Waals surface area contributed by atoms with Gasteiger partial charge in [-0.15, -0.1) is 35.7 Å². The molecule has 2 rings (SSSR count). The van der Waals surface area contributed by atoms with Crippen molar-refractivity contribution in [2.75, 3.05) is 20.8 Å². The fourth-order valence-corrected chi connectivity index (χ4v) is 3.44. The molecule has 0 saturated carbocycles. The number of methoxy groups -OCH3 is 2. The molecular formula is C19H25BrIN3O2S. The fourth-order valence-electron chi connectivity index (χ4n) is 2.25. The van der Waals surface area contributed by atoms with Gasteiger partial charge in [-0.25, -0.2) is 4.99 Å².